The molecule has 1 aliphatic carbocycles. The maximum Gasteiger partial charge on any atom is 0.137 e. The third-order valence-corrected chi connectivity index (χ3v) is 12.1. The molecule has 2 nitrogen and oxygen atoms in total. The molecule has 0 unspecified atom stereocenters. The summed E-state index contributed by atoms with van der Waals surface area (Å²) in [6.45, 7) is 0. The van der Waals surface area contributed by atoms with Crippen LogP contribution in [0.5, 0.6) is 0 Å². The highest BCUT2D eigenvalue weighted by molar-refractivity contribution is 7.25. The Morgan fingerprint density at radius 1 is 0.385 bits per heavy atom. The summed E-state index contributed by atoms with van der Waals surface area (Å²) in [7, 11) is 0. The topological polar surface area (TPSA) is 16.4 Å². The Balaban J connectivity index is 1.18. The summed E-state index contributed by atoms with van der Waals surface area (Å²) >= 11 is 1.85. The molecular formula is C49H31NOS. The van der Waals surface area contributed by atoms with Crippen molar-refractivity contribution in [3.8, 4) is 11.1 Å². The highest BCUT2D eigenvalue weighted by Gasteiger charge is 2.46. The van der Waals surface area contributed by atoms with Crippen LogP contribution < -0.4 is 4.90 Å². The second kappa shape index (κ2) is 11.3. The predicted molar refractivity (Wildman–Crippen MR) is 219 cm³/mol. The molecule has 244 valence electrons. The highest BCUT2D eigenvalue weighted by atomic mass is 32.1. The SMILES string of the molecule is c1ccc(C2(c3ccccc3)c3ccccc3-c3cc(N(c4ccc5c(c4)oc4ccccc45)c4ccc5sc6ccccc6c5c4)ccc32)cc1. The van der Waals surface area contributed by atoms with E-state index in [-0.39, 0.29) is 0 Å². The van der Waals surface area contributed by atoms with E-state index < -0.39 is 5.41 Å². The van der Waals surface area contributed by atoms with Crippen LogP contribution in [0.4, 0.5) is 17.1 Å². The van der Waals surface area contributed by atoms with Gasteiger partial charge in [-0.2, -0.15) is 0 Å². The van der Waals surface area contributed by atoms with E-state index in [4.69, 9.17) is 4.42 Å². The number of nitrogens with zero attached hydrogens (tertiary/aromatic N) is 1. The van der Waals surface area contributed by atoms with Gasteiger partial charge in [-0.05, 0) is 88.0 Å². The molecule has 0 bridgehead atoms. The fourth-order valence-electron chi connectivity index (χ4n) is 8.73. The number of thiophene rings is 1. The number of para-hydroxylation sites is 1. The molecule has 52 heavy (non-hydrogen) atoms. The monoisotopic (exact) mass is 681 g/mol. The molecule has 0 aliphatic heterocycles. The first-order valence-corrected chi connectivity index (χ1v) is 18.6. The molecule has 0 saturated carbocycles. The zero-order valence-corrected chi connectivity index (χ0v) is 29.0. The van der Waals surface area contributed by atoms with E-state index in [1.54, 1.807) is 0 Å². The van der Waals surface area contributed by atoms with Gasteiger partial charge in [-0.1, -0.05) is 127 Å². The molecule has 0 radical (unpaired) electrons. The van der Waals surface area contributed by atoms with E-state index in [1.807, 2.05) is 23.5 Å². The zero-order valence-electron chi connectivity index (χ0n) is 28.2. The number of benzene rings is 8. The van der Waals surface area contributed by atoms with Crippen LogP contribution in [0.15, 0.2) is 192 Å². The Labute approximate surface area is 305 Å². The molecule has 2 heterocycles. The summed E-state index contributed by atoms with van der Waals surface area (Å²) in [5.74, 6) is 0. The van der Waals surface area contributed by atoms with Crippen LogP contribution in [-0.4, -0.2) is 0 Å². The average molecular weight is 682 g/mol. The van der Waals surface area contributed by atoms with Crippen LogP contribution >= 0.6 is 11.3 Å². The Morgan fingerprint density at radius 3 is 1.79 bits per heavy atom. The fraction of sp³-hybridized carbons (Fsp3) is 0.0204. The van der Waals surface area contributed by atoms with E-state index in [0.29, 0.717) is 0 Å². The summed E-state index contributed by atoms with van der Waals surface area (Å²) in [6, 6.07) is 68.6. The van der Waals surface area contributed by atoms with E-state index in [0.717, 1.165) is 39.0 Å². The van der Waals surface area contributed by atoms with Crippen LogP contribution in [0, 0.1) is 0 Å². The molecule has 0 atom stereocenters. The van der Waals surface area contributed by atoms with Crippen molar-refractivity contribution in [3.05, 3.63) is 210 Å². The van der Waals surface area contributed by atoms with Crippen molar-refractivity contribution < 1.29 is 4.42 Å². The first-order chi connectivity index (χ1) is 25.8. The summed E-state index contributed by atoms with van der Waals surface area (Å²) in [6.07, 6.45) is 0. The summed E-state index contributed by atoms with van der Waals surface area (Å²) in [5, 5.41) is 4.81. The van der Waals surface area contributed by atoms with E-state index >= 15 is 0 Å². The van der Waals surface area contributed by atoms with Gasteiger partial charge in [-0.15, -0.1) is 11.3 Å². The smallest absolute Gasteiger partial charge is 0.137 e. The number of furan rings is 1. The molecule has 8 aromatic carbocycles. The Morgan fingerprint density at radius 2 is 0.962 bits per heavy atom. The number of rotatable bonds is 5. The molecule has 0 fully saturated rings. The van der Waals surface area contributed by atoms with Crippen molar-refractivity contribution in [1.82, 2.24) is 0 Å². The van der Waals surface area contributed by atoms with Gasteiger partial charge < -0.3 is 9.32 Å². The van der Waals surface area contributed by atoms with Gasteiger partial charge in [-0.3, -0.25) is 0 Å². The minimum absolute atomic E-state index is 0.445. The molecule has 0 N–H and O–H groups in total. The van der Waals surface area contributed by atoms with Gasteiger partial charge in [0.25, 0.3) is 0 Å². The van der Waals surface area contributed by atoms with Gasteiger partial charge in [0.2, 0.25) is 0 Å². The van der Waals surface area contributed by atoms with Gasteiger partial charge in [0, 0.05) is 54.1 Å². The average Bonchev–Trinajstić information content (AvgIpc) is 3.86. The lowest BCUT2D eigenvalue weighted by Gasteiger charge is -2.34. The third-order valence-electron chi connectivity index (χ3n) is 10.9. The minimum Gasteiger partial charge on any atom is -0.456 e. The molecule has 1 aliphatic rings. The quantitative estimate of drug-likeness (QED) is 0.180. The number of fused-ring (bicyclic) bond motifs is 9. The lowest BCUT2D eigenvalue weighted by molar-refractivity contribution is 0.669. The van der Waals surface area contributed by atoms with Crippen molar-refractivity contribution in [2.24, 2.45) is 0 Å². The van der Waals surface area contributed by atoms with Crippen LogP contribution in [-0.2, 0) is 5.41 Å². The van der Waals surface area contributed by atoms with Crippen LogP contribution in [0.25, 0.3) is 53.2 Å². The Bertz CT molecular complexity index is 2930. The maximum atomic E-state index is 6.45. The molecule has 2 aromatic heterocycles. The van der Waals surface area contributed by atoms with Crippen molar-refractivity contribution in [2.45, 2.75) is 5.41 Å². The second-order valence-electron chi connectivity index (χ2n) is 13.7. The molecule has 11 rings (SSSR count). The summed E-state index contributed by atoms with van der Waals surface area (Å²) in [4.78, 5) is 2.40. The van der Waals surface area contributed by atoms with Gasteiger partial charge in [0.05, 0.1) is 5.41 Å². The van der Waals surface area contributed by atoms with Gasteiger partial charge in [0.15, 0.2) is 0 Å². The molecule has 3 heteroatoms. The molecular weight excluding hydrogens is 651 g/mol. The van der Waals surface area contributed by atoms with Gasteiger partial charge in [0.1, 0.15) is 11.2 Å². The van der Waals surface area contributed by atoms with Crippen LogP contribution in [0.1, 0.15) is 22.3 Å². The fourth-order valence-corrected chi connectivity index (χ4v) is 9.82. The third kappa shape index (κ3) is 4.17. The standard InChI is InChI=1S/C49H31NOS/c1-3-13-32(14-4-1)49(33-15-5-2-6-16-33)43-20-10-7-17-37(43)41-29-34(24-27-44(41)49)50(35-25-28-48-42(30-35)40-19-9-12-22-47(40)52-48)36-23-26-39-38-18-8-11-21-45(38)51-46(39)31-36/h1-31H. The largest absolute Gasteiger partial charge is 0.456 e. The lowest BCUT2D eigenvalue weighted by atomic mass is 9.68. The lowest BCUT2D eigenvalue weighted by Crippen LogP contribution is -2.28. The number of anilines is 3. The maximum absolute atomic E-state index is 6.45. The van der Waals surface area contributed by atoms with Crippen LogP contribution in [0.3, 0.4) is 0 Å². The minimum atomic E-state index is -0.445. The molecule has 0 spiro atoms. The van der Waals surface area contributed by atoms with Gasteiger partial charge >= 0.3 is 0 Å². The van der Waals surface area contributed by atoms with E-state index in [2.05, 4.69) is 181 Å². The van der Waals surface area contributed by atoms with Crippen molar-refractivity contribution in [2.75, 3.05) is 4.90 Å². The first kappa shape index (κ1) is 29.3. The van der Waals surface area contributed by atoms with Crippen LogP contribution in [0.2, 0.25) is 0 Å². The number of hydrogen-bond donors (Lipinski definition) is 0. The van der Waals surface area contributed by atoms with E-state index in [9.17, 15) is 0 Å². The second-order valence-corrected chi connectivity index (χ2v) is 14.7. The highest BCUT2D eigenvalue weighted by Crippen LogP contribution is 2.57. The normalized spacial score (nSPS) is 13.2. The van der Waals surface area contributed by atoms with Crippen molar-refractivity contribution in [1.29, 1.82) is 0 Å². The Kier molecular flexibility index (Phi) is 6.37. The molecule has 0 amide bonds. The van der Waals surface area contributed by atoms with E-state index in [1.165, 1.54) is 53.6 Å². The molecule has 10 aromatic rings. The number of hydrogen-bond acceptors (Lipinski definition) is 3. The zero-order chi connectivity index (χ0) is 34.2. The first-order valence-electron chi connectivity index (χ1n) is 17.8. The summed E-state index contributed by atoms with van der Waals surface area (Å²) in [5.41, 5.74) is 12.2. The van der Waals surface area contributed by atoms with Crippen molar-refractivity contribution in [3.63, 3.8) is 0 Å². The predicted octanol–water partition coefficient (Wildman–Crippen LogP) is 13.8. The van der Waals surface area contributed by atoms with Crippen molar-refractivity contribution >= 4 is 70.5 Å². The summed E-state index contributed by atoms with van der Waals surface area (Å²) < 4.78 is 9.04. The Hall–Kier alpha value is -6.42. The molecule has 0 saturated heterocycles. The van der Waals surface area contributed by atoms with Gasteiger partial charge in [-0.25, -0.2) is 0 Å².